The molecular formula is C61H81N9O7. The number of aryl methyl sites for hydroxylation is 1. The van der Waals surface area contributed by atoms with E-state index < -0.39 is 64.9 Å². The molecule has 16 nitrogen and oxygen atoms in total. The van der Waals surface area contributed by atoms with Crippen LogP contribution in [0.4, 0.5) is 0 Å². The molecule has 4 aromatic rings. The van der Waals surface area contributed by atoms with Gasteiger partial charge in [0.25, 0.3) is 5.91 Å². The second kappa shape index (κ2) is 25.0. The summed E-state index contributed by atoms with van der Waals surface area (Å²) in [6, 6.07) is 27.0. The van der Waals surface area contributed by atoms with Gasteiger partial charge in [0.2, 0.25) is 35.4 Å². The fourth-order valence-electron chi connectivity index (χ4n) is 10.7. The molecule has 7 amide bonds. The average Bonchev–Trinajstić information content (AvgIpc) is 3.85. The molecule has 2 aliphatic heterocycles. The third-order valence-electron chi connectivity index (χ3n) is 15.6. The van der Waals surface area contributed by atoms with Crippen LogP contribution in [0.3, 0.4) is 0 Å². The van der Waals surface area contributed by atoms with Crippen molar-refractivity contribution in [2.75, 3.05) is 33.7 Å². The molecule has 1 saturated heterocycles. The van der Waals surface area contributed by atoms with Crippen LogP contribution in [0, 0.1) is 10.8 Å². The van der Waals surface area contributed by atoms with E-state index in [1.54, 1.807) is 49.9 Å². The monoisotopic (exact) mass is 1050 g/mol. The number of likely N-dealkylation sites (N-methyl/N-ethyl adjacent to an activating group) is 2. The molecule has 2 heterocycles. The topological polar surface area (TPSA) is 201 Å². The van der Waals surface area contributed by atoms with E-state index in [0.29, 0.717) is 24.9 Å². The maximum Gasteiger partial charge on any atom is 0.251 e. The second-order valence-corrected chi connectivity index (χ2v) is 23.3. The van der Waals surface area contributed by atoms with Gasteiger partial charge in [-0.05, 0) is 123 Å². The maximum absolute atomic E-state index is 15.4. The molecule has 412 valence electrons. The van der Waals surface area contributed by atoms with Gasteiger partial charge in [0, 0.05) is 37.8 Å². The van der Waals surface area contributed by atoms with E-state index in [2.05, 4.69) is 38.0 Å². The van der Waals surface area contributed by atoms with Crippen molar-refractivity contribution in [1.82, 2.24) is 46.6 Å². The summed E-state index contributed by atoms with van der Waals surface area (Å²) in [5.41, 5.74) is 4.70. The Bertz CT molecular complexity index is 2750. The van der Waals surface area contributed by atoms with Gasteiger partial charge in [0.15, 0.2) is 0 Å². The first-order valence-corrected chi connectivity index (χ1v) is 27.3. The Morgan fingerprint density at radius 2 is 1.18 bits per heavy atom. The molecule has 0 aromatic heterocycles. The molecule has 6 N–H and O–H groups in total. The number of rotatable bonds is 18. The van der Waals surface area contributed by atoms with Crippen LogP contribution in [0.2, 0.25) is 0 Å². The predicted octanol–water partition coefficient (Wildman–Crippen LogP) is 5.55. The lowest BCUT2D eigenvalue weighted by molar-refractivity contribution is -0.151. The Hall–Kier alpha value is -6.91. The second-order valence-electron chi connectivity index (χ2n) is 23.3. The van der Waals surface area contributed by atoms with Crippen LogP contribution in [-0.4, -0.2) is 126 Å². The van der Waals surface area contributed by atoms with Crippen molar-refractivity contribution in [2.24, 2.45) is 10.8 Å². The molecule has 3 aliphatic rings. The molecule has 1 fully saturated rings. The van der Waals surface area contributed by atoms with Gasteiger partial charge >= 0.3 is 0 Å². The smallest absolute Gasteiger partial charge is 0.251 e. The first-order chi connectivity index (χ1) is 36.6. The third-order valence-corrected chi connectivity index (χ3v) is 15.6. The Kier molecular flexibility index (Phi) is 18.8. The highest BCUT2D eigenvalue weighted by atomic mass is 16.2. The van der Waals surface area contributed by atoms with Crippen LogP contribution in [-0.2, 0) is 54.6 Å². The van der Waals surface area contributed by atoms with Crippen molar-refractivity contribution < 1.29 is 33.6 Å². The normalized spacial score (nSPS) is 19.8. The number of hydrogen-bond acceptors (Lipinski definition) is 9. The third kappa shape index (κ3) is 14.0. The highest BCUT2D eigenvalue weighted by molar-refractivity contribution is 5.97. The van der Waals surface area contributed by atoms with Crippen molar-refractivity contribution in [3.05, 3.63) is 142 Å². The Balaban J connectivity index is 1.13. The van der Waals surface area contributed by atoms with E-state index in [1.165, 1.54) is 10.5 Å². The van der Waals surface area contributed by atoms with Crippen molar-refractivity contribution in [3.63, 3.8) is 0 Å². The van der Waals surface area contributed by atoms with Crippen molar-refractivity contribution in [3.8, 4) is 0 Å². The van der Waals surface area contributed by atoms with Gasteiger partial charge in [-0.15, -0.1) is 0 Å². The molecule has 16 heteroatoms. The summed E-state index contributed by atoms with van der Waals surface area (Å²) >= 11 is 0. The van der Waals surface area contributed by atoms with Gasteiger partial charge in [-0.2, -0.15) is 0 Å². The quantitative estimate of drug-likeness (QED) is 0.0739. The zero-order valence-corrected chi connectivity index (χ0v) is 46.7. The molecule has 8 atom stereocenters. The molecule has 7 rings (SSSR count). The molecule has 0 spiro atoms. The van der Waals surface area contributed by atoms with Crippen molar-refractivity contribution >= 4 is 41.4 Å². The summed E-state index contributed by atoms with van der Waals surface area (Å²) in [6.07, 6.45) is 3.83. The first-order valence-electron chi connectivity index (χ1n) is 27.3. The number of carbonyl (C=O) groups excluding carboxylic acids is 7. The molecule has 4 aromatic carbocycles. The lowest BCUT2D eigenvalue weighted by Crippen LogP contribution is -2.60. The lowest BCUT2D eigenvalue weighted by atomic mass is 9.83. The van der Waals surface area contributed by atoms with Crippen LogP contribution >= 0.6 is 0 Å². The highest BCUT2D eigenvalue weighted by Crippen LogP contribution is 2.36. The van der Waals surface area contributed by atoms with Crippen LogP contribution < -0.4 is 31.9 Å². The Morgan fingerprint density at radius 3 is 1.77 bits per heavy atom. The predicted molar refractivity (Wildman–Crippen MR) is 298 cm³/mol. The zero-order chi connectivity index (χ0) is 55.8. The largest absolute Gasteiger partial charge is 0.347 e. The van der Waals surface area contributed by atoms with E-state index in [9.17, 15) is 28.8 Å². The number of hydrogen-bond donors (Lipinski definition) is 6. The van der Waals surface area contributed by atoms with Gasteiger partial charge in [-0.3, -0.25) is 33.6 Å². The SMILES string of the molecule is CN[C@@H](C)C(=O)NC(C(=O)N1CCc2ccccc2[C@H]1C(=O)N(CCc1ccccc1)Cc1ccc(C(=O)N[C@H]2CC(C(=O)N[C@@H]3CCCc4ccccc43)N(C(=O)[C@@H](NC(=O)[C@H](C)NC)C(C)(C)C)C2)cc1)C(C)(C)C. The fraction of sp³-hybridized carbons (Fsp3) is 0.492. The van der Waals surface area contributed by atoms with E-state index in [1.807, 2.05) is 126 Å². The van der Waals surface area contributed by atoms with E-state index in [4.69, 9.17) is 0 Å². The van der Waals surface area contributed by atoms with Crippen LogP contribution in [0.15, 0.2) is 103 Å². The highest BCUT2D eigenvalue weighted by Gasteiger charge is 2.47. The Morgan fingerprint density at radius 1 is 0.636 bits per heavy atom. The van der Waals surface area contributed by atoms with Gasteiger partial charge in [-0.25, -0.2) is 0 Å². The minimum absolute atomic E-state index is 0.0479. The zero-order valence-electron chi connectivity index (χ0n) is 46.7. The summed E-state index contributed by atoms with van der Waals surface area (Å²) in [4.78, 5) is 105. The standard InChI is InChI=1S/C61H81N9O7/c1-38(62-9)53(71)66-51(60(3,4)5)58(76)69-34-32-43-22-15-17-25-47(43)50(69)57(75)68(33-31-40-19-12-11-13-20-40)36-41-27-29-44(30-28-41)55(73)64-45-35-49(56(74)65-48-26-18-23-42-21-14-16-24-46(42)48)70(37-45)59(77)52(61(6,7)8)67-54(72)39(2)63-10/h11-17,19-22,24-25,27-30,38-39,45,48-52,62-63H,18,23,26,31-37H2,1-10H3,(H,64,73)(H,65,74)(H,66,71)(H,67,72)/t38-,39-,45-,48+,49?,50-,51?,52+/m0/s1. The summed E-state index contributed by atoms with van der Waals surface area (Å²) in [5, 5.41) is 18.2. The van der Waals surface area contributed by atoms with Gasteiger partial charge in [0.05, 0.1) is 18.1 Å². The van der Waals surface area contributed by atoms with E-state index in [0.717, 1.165) is 47.1 Å². The molecule has 2 unspecified atom stereocenters. The average molecular weight is 1050 g/mol. The molecule has 1 aliphatic carbocycles. The first kappa shape index (κ1) is 57.8. The maximum atomic E-state index is 15.4. The number of fused-ring (bicyclic) bond motifs is 2. The number of likely N-dealkylation sites (tertiary alicyclic amines) is 1. The molecule has 0 radical (unpaired) electrons. The van der Waals surface area contributed by atoms with Gasteiger partial charge in [0.1, 0.15) is 24.2 Å². The molecule has 0 saturated carbocycles. The number of amides is 7. The summed E-state index contributed by atoms with van der Waals surface area (Å²) < 4.78 is 0. The van der Waals surface area contributed by atoms with Crippen LogP contribution in [0.25, 0.3) is 0 Å². The number of nitrogens with one attached hydrogen (secondary N) is 6. The number of nitrogens with zero attached hydrogens (tertiary/aromatic N) is 3. The number of benzene rings is 4. The Labute approximate surface area is 455 Å². The molecule has 0 bridgehead atoms. The molecular weight excluding hydrogens is 971 g/mol. The van der Waals surface area contributed by atoms with E-state index in [-0.39, 0.29) is 61.6 Å². The summed E-state index contributed by atoms with van der Waals surface area (Å²) in [6.45, 7) is 15.6. The van der Waals surface area contributed by atoms with Gasteiger partial charge < -0.3 is 46.6 Å². The van der Waals surface area contributed by atoms with Crippen LogP contribution in [0.1, 0.15) is 130 Å². The fourth-order valence-corrected chi connectivity index (χ4v) is 10.7. The van der Waals surface area contributed by atoms with Crippen molar-refractivity contribution in [2.45, 2.75) is 149 Å². The minimum atomic E-state index is -0.967. The lowest BCUT2D eigenvalue weighted by Gasteiger charge is -2.42. The number of carbonyl (C=O) groups is 7. The van der Waals surface area contributed by atoms with Crippen LogP contribution in [0.5, 0.6) is 0 Å². The molecule has 77 heavy (non-hydrogen) atoms. The van der Waals surface area contributed by atoms with E-state index >= 15 is 4.79 Å². The van der Waals surface area contributed by atoms with Crippen molar-refractivity contribution in [1.29, 1.82) is 0 Å². The minimum Gasteiger partial charge on any atom is -0.347 e. The summed E-state index contributed by atoms with van der Waals surface area (Å²) in [5.74, 6) is -2.38. The van der Waals surface area contributed by atoms with Gasteiger partial charge in [-0.1, -0.05) is 133 Å². The summed E-state index contributed by atoms with van der Waals surface area (Å²) in [7, 11) is 3.36.